The first-order valence-corrected chi connectivity index (χ1v) is 6.90. The van der Waals surface area contributed by atoms with E-state index in [1.54, 1.807) is 0 Å². The molecule has 0 heterocycles. The Kier molecular flexibility index (Phi) is 7.84. The number of hydrogen-bond acceptors (Lipinski definition) is 2. The second-order valence-corrected chi connectivity index (χ2v) is 6.23. The topological polar surface area (TPSA) is 55.1 Å². The smallest absolute Gasteiger partial charge is 0.220 e. The zero-order valence-electron chi connectivity index (χ0n) is 12.8. The van der Waals surface area contributed by atoms with E-state index in [2.05, 4.69) is 31.3 Å². The molecule has 0 aromatic heterocycles. The van der Waals surface area contributed by atoms with E-state index in [-0.39, 0.29) is 29.8 Å². The van der Waals surface area contributed by atoms with Crippen molar-refractivity contribution < 1.29 is 4.79 Å². The summed E-state index contributed by atoms with van der Waals surface area (Å²) in [6.07, 6.45) is 0.512. The first kappa shape index (κ1) is 18.9. The van der Waals surface area contributed by atoms with Gasteiger partial charge in [0.2, 0.25) is 5.91 Å². The van der Waals surface area contributed by atoms with Gasteiger partial charge in [-0.25, -0.2) is 0 Å². The minimum atomic E-state index is -0.365. The highest BCUT2D eigenvalue weighted by atomic mass is 35.5. The molecule has 4 heteroatoms. The SMILES string of the molecule is CC(C)C(CC(=O)NCC(C)(C)N)c1ccccc1.Cl. The fourth-order valence-corrected chi connectivity index (χ4v) is 2.04. The van der Waals surface area contributed by atoms with Crippen LogP contribution in [-0.2, 0) is 4.79 Å². The van der Waals surface area contributed by atoms with Crippen molar-refractivity contribution in [1.29, 1.82) is 0 Å². The highest BCUT2D eigenvalue weighted by Crippen LogP contribution is 2.27. The van der Waals surface area contributed by atoms with Crippen molar-refractivity contribution in [3.8, 4) is 0 Å². The Labute approximate surface area is 128 Å². The van der Waals surface area contributed by atoms with Crippen molar-refractivity contribution in [2.75, 3.05) is 6.54 Å². The lowest BCUT2D eigenvalue weighted by Gasteiger charge is -2.23. The molecule has 0 spiro atoms. The molecule has 0 bridgehead atoms. The summed E-state index contributed by atoms with van der Waals surface area (Å²) < 4.78 is 0. The Hall–Kier alpha value is -1.06. The molecule has 1 aromatic rings. The van der Waals surface area contributed by atoms with Crippen LogP contribution in [0.3, 0.4) is 0 Å². The Bertz CT molecular complexity index is 399. The Morgan fingerprint density at radius 1 is 1.25 bits per heavy atom. The highest BCUT2D eigenvalue weighted by molar-refractivity contribution is 5.85. The Morgan fingerprint density at radius 2 is 1.80 bits per heavy atom. The molecule has 3 N–H and O–H groups in total. The van der Waals surface area contributed by atoms with Crippen LogP contribution in [0, 0.1) is 5.92 Å². The third kappa shape index (κ3) is 6.92. The summed E-state index contributed by atoms with van der Waals surface area (Å²) in [4.78, 5) is 12.0. The quantitative estimate of drug-likeness (QED) is 0.848. The molecule has 0 aliphatic rings. The third-order valence-electron chi connectivity index (χ3n) is 3.18. The maximum atomic E-state index is 12.0. The molecule has 20 heavy (non-hydrogen) atoms. The molecule has 0 saturated carbocycles. The summed E-state index contributed by atoms with van der Waals surface area (Å²) in [5, 5.41) is 2.91. The summed E-state index contributed by atoms with van der Waals surface area (Å²) in [5.41, 5.74) is 6.73. The van der Waals surface area contributed by atoms with Crippen LogP contribution < -0.4 is 11.1 Å². The van der Waals surface area contributed by atoms with Gasteiger partial charge in [-0.2, -0.15) is 0 Å². The van der Waals surface area contributed by atoms with Gasteiger partial charge in [-0.3, -0.25) is 4.79 Å². The van der Waals surface area contributed by atoms with Crippen LogP contribution in [0.5, 0.6) is 0 Å². The lowest BCUT2D eigenvalue weighted by atomic mass is 9.85. The molecule has 114 valence electrons. The molecule has 0 saturated heterocycles. The highest BCUT2D eigenvalue weighted by Gasteiger charge is 2.20. The molecule has 0 fully saturated rings. The van der Waals surface area contributed by atoms with Crippen LogP contribution in [0.2, 0.25) is 0 Å². The molecule has 1 rings (SSSR count). The number of rotatable bonds is 6. The molecular formula is C16H27ClN2O. The molecule has 1 aromatic carbocycles. The number of nitrogens with two attached hydrogens (primary N) is 1. The molecule has 1 unspecified atom stereocenters. The van der Waals surface area contributed by atoms with E-state index in [9.17, 15) is 4.79 Å². The number of benzene rings is 1. The minimum Gasteiger partial charge on any atom is -0.354 e. The van der Waals surface area contributed by atoms with Crippen LogP contribution in [-0.4, -0.2) is 18.0 Å². The van der Waals surface area contributed by atoms with E-state index in [1.165, 1.54) is 5.56 Å². The summed E-state index contributed by atoms with van der Waals surface area (Å²) in [5.74, 6) is 0.752. The summed E-state index contributed by atoms with van der Waals surface area (Å²) >= 11 is 0. The number of halogens is 1. The van der Waals surface area contributed by atoms with E-state index >= 15 is 0 Å². The summed E-state index contributed by atoms with van der Waals surface area (Å²) in [6.45, 7) is 8.62. The van der Waals surface area contributed by atoms with Gasteiger partial charge in [-0.1, -0.05) is 44.2 Å². The van der Waals surface area contributed by atoms with Crippen LogP contribution >= 0.6 is 12.4 Å². The average molecular weight is 299 g/mol. The van der Waals surface area contributed by atoms with Gasteiger partial charge in [0.05, 0.1) is 0 Å². The first-order valence-electron chi connectivity index (χ1n) is 6.90. The maximum Gasteiger partial charge on any atom is 0.220 e. The van der Waals surface area contributed by atoms with Gasteiger partial charge >= 0.3 is 0 Å². The van der Waals surface area contributed by atoms with Gasteiger partial charge in [0.1, 0.15) is 0 Å². The molecular weight excluding hydrogens is 272 g/mol. The third-order valence-corrected chi connectivity index (χ3v) is 3.18. The van der Waals surface area contributed by atoms with E-state index in [1.807, 2.05) is 32.0 Å². The standard InChI is InChI=1S/C16H26N2O.ClH/c1-12(2)14(13-8-6-5-7-9-13)10-15(19)18-11-16(3,4)17;/h5-9,12,14H,10-11,17H2,1-4H3,(H,18,19);1H. The number of carbonyl (C=O) groups excluding carboxylic acids is 1. The predicted molar refractivity (Wildman–Crippen MR) is 87.2 cm³/mol. The van der Waals surface area contributed by atoms with Crippen molar-refractivity contribution in [2.45, 2.75) is 45.6 Å². The van der Waals surface area contributed by atoms with Crippen LogP contribution in [0.25, 0.3) is 0 Å². The van der Waals surface area contributed by atoms with Crippen LogP contribution in [0.1, 0.15) is 45.6 Å². The van der Waals surface area contributed by atoms with Gasteiger partial charge in [0.15, 0.2) is 0 Å². The van der Waals surface area contributed by atoms with Gasteiger partial charge in [-0.05, 0) is 31.2 Å². The molecule has 0 aliphatic carbocycles. The van der Waals surface area contributed by atoms with E-state index < -0.39 is 0 Å². The van der Waals surface area contributed by atoms with E-state index in [0.29, 0.717) is 18.9 Å². The summed E-state index contributed by atoms with van der Waals surface area (Å²) in [6, 6.07) is 10.2. The molecule has 0 aliphatic heterocycles. The Balaban J connectivity index is 0.00000361. The molecule has 0 radical (unpaired) electrons. The fourth-order valence-electron chi connectivity index (χ4n) is 2.04. The largest absolute Gasteiger partial charge is 0.354 e. The summed E-state index contributed by atoms with van der Waals surface area (Å²) in [7, 11) is 0. The molecule has 3 nitrogen and oxygen atoms in total. The van der Waals surface area contributed by atoms with Gasteiger partial charge in [0.25, 0.3) is 0 Å². The van der Waals surface area contributed by atoms with Crippen molar-refractivity contribution in [2.24, 2.45) is 11.7 Å². The zero-order chi connectivity index (χ0) is 14.5. The lowest BCUT2D eigenvalue weighted by molar-refractivity contribution is -0.121. The Morgan fingerprint density at radius 3 is 2.25 bits per heavy atom. The van der Waals surface area contributed by atoms with Crippen molar-refractivity contribution in [3.63, 3.8) is 0 Å². The predicted octanol–water partition coefficient (Wildman–Crippen LogP) is 3.09. The minimum absolute atomic E-state index is 0. The van der Waals surface area contributed by atoms with Crippen molar-refractivity contribution in [3.05, 3.63) is 35.9 Å². The normalized spacial score (nSPS) is 12.7. The second-order valence-electron chi connectivity index (χ2n) is 6.23. The molecule has 1 atom stereocenters. The molecule has 1 amide bonds. The van der Waals surface area contributed by atoms with Gasteiger partial charge in [0, 0.05) is 18.5 Å². The second kappa shape index (κ2) is 8.28. The number of amides is 1. The van der Waals surface area contributed by atoms with Crippen molar-refractivity contribution >= 4 is 18.3 Å². The van der Waals surface area contributed by atoms with E-state index in [4.69, 9.17) is 5.73 Å². The van der Waals surface area contributed by atoms with Crippen LogP contribution in [0.4, 0.5) is 0 Å². The zero-order valence-corrected chi connectivity index (χ0v) is 13.7. The lowest BCUT2D eigenvalue weighted by Crippen LogP contribution is -2.45. The first-order chi connectivity index (χ1) is 8.79. The van der Waals surface area contributed by atoms with Crippen LogP contribution in [0.15, 0.2) is 30.3 Å². The number of nitrogens with one attached hydrogen (secondary N) is 1. The number of carbonyl (C=O) groups is 1. The monoisotopic (exact) mass is 298 g/mol. The van der Waals surface area contributed by atoms with Gasteiger partial charge in [-0.15, -0.1) is 12.4 Å². The van der Waals surface area contributed by atoms with E-state index in [0.717, 1.165) is 0 Å². The van der Waals surface area contributed by atoms with Crippen molar-refractivity contribution in [1.82, 2.24) is 5.32 Å². The van der Waals surface area contributed by atoms with Gasteiger partial charge < -0.3 is 11.1 Å². The number of hydrogen-bond donors (Lipinski definition) is 2. The average Bonchev–Trinajstić information content (AvgIpc) is 2.33. The fraction of sp³-hybridized carbons (Fsp3) is 0.562. The maximum absolute atomic E-state index is 12.0.